The molecule has 0 aliphatic carbocycles. The minimum absolute atomic E-state index is 0.0134. The van der Waals surface area contributed by atoms with Crippen LogP contribution in [0.4, 0.5) is 0 Å². The van der Waals surface area contributed by atoms with E-state index in [1.165, 1.54) is 0 Å². The van der Waals surface area contributed by atoms with Crippen molar-refractivity contribution < 1.29 is 9.90 Å². The molecule has 3 heteroatoms. The second-order valence-electron chi connectivity index (χ2n) is 6.27. The van der Waals surface area contributed by atoms with Gasteiger partial charge < -0.3 is 10.0 Å². The Balaban J connectivity index is 2.34. The SMILES string of the molecule is CC(C)(C)c1ccccc1C(=O)N1CCCC1CO. The summed E-state index contributed by atoms with van der Waals surface area (Å²) in [5.74, 6) is 0.0575. The van der Waals surface area contributed by atoms with Gasteiger partial charge in [-0.25, -0.2) is 0 Å². The summed E-state index contributed by atoms with van der Waals surface area (Å²) in [7, 11) is 0. The summed E-state index contributed by atoms with van der Waals surface area (Å²) in [4.78, 5) is 14.5. The van der Waals surface area contributed by atoms with Crippen LogP contribution in [0.15, 0.2) is 24.3 Å². The van der Waals surface area contributed by atoms with E-state index in [0.717, 1.165) is 30.5 Å². The quantitative estimate of drug-likeness (QED) is 0.889. The first-order chi connectivity index (χ1) is 8.95. The van der Waals surface area contributed by atoms with Crippen LogP contribution in [0, 0.1) is 0 Å². The molecule has 1 aliphatic rings. The number of hydrogen-bond donors (Lipinski definition) is 1. The van der Waals surface area contributed by atoms with Gasteiger partial charge in [0.05, 0.1) is 12.6 Å². The number of nitrogens with zero attached hydrogens (tertiary/aromatic N) is 1. The molecule has 1 unspecified atom stereocenters. The van der Waals surface area contributed by atoms with E-state index in [2.05, 4.69) is 20.8 Å². The van der Waals surface area contributed by atoms with Crippen LogP contribution in [0.3, 0.4) is 0 Å². The van der Waals surface area contributed by atoms with Crippen LogP contribution in [0.25, 0.3) is 0 Å². The highest BCUT2D eigenvalue weighted by atomic mass is 16.3. The van der Waals surface area contributed by atoms with Crippen LogP contribution in [0.5, 0.6) is 0 Å². The maximum Gasteiger partial charge on any atom is 0.254 e. The molecule has 2 rings (SSSR count). The van der Waals surface area contributed by atoms with Crippen molar-refractivity contribution in [3.8, 4) is 0 Å². The highest BCUT2D eigenvalue weighted by Crippen LogP contribution is 2.28. The fourth-order valence-electron chi connectivity index (χ4n) is 2.77. The lowest BCUT2D eigenvalue weighted by molar-refractivity contribution is 0.0675. The van der Waals surface area contributed by atoms with Crippen molar-refractivity contribution in [1.82, 2.24) is 4.90 Å². The average Bonchev–Trinajstić information content (AvgIpc) is 2.85. The number of carbonyl (C=O) groups excluding carboxylic acids is 1. The van der Waals surface area contributed by atoms with Crippen molar-refractivity contribution in [1.29, 1.82) is 0 Å². The second-order valence-corrected chi connectivity index (χ2v) is 6.27. The van der Waals surface area contributed by atoms with Crippen LogP contribution >= 0.6 is 0 Å². The zero-order chi connectivity index (χ0) is 14.0. The Bertz CT molecular complexity index is 462. The van der Waals surface area contributed by atoms with Crippen molar-refractivity contribution in [2.24, 2.45) is 0 Å². The van der Waals surface area contributed by atoms with E-state index in [1.54, 1.807) is 0 Å². The Kier molecular flexibility index (Phi) is 3.95. The Morgan fingerprint density at radius 3 is 2.68 bits per heavy atom. The maximum atomic E-state index is 12.7. The topological polar surface area (TPSA) is 40.5 Å². The lowest BCUT2D eigenvalue weighted by Crippen LogP contribution is -2.38. The lowest BCUT2D eigenvalue weighted by atomic mass is 9.83. The molecule has 1 saturated heterocycles. The molecule has 104 valence electrons. The summed E-state index contributed by atoms with van der Waals surface area (Å²) in [6.07, 6.45) is 1.88. The van der Waals surface area contributed by atoms with E-state index in [9.17, 15) is 9.90 Å². The summed E-state index contributed by atoms with van der Waals surface area (Å²) in [6.45, 7) is 7.16. The fraction of sp³-hybridized carbons (Fsp3) is 0.562. The molecule has 1 N–H and O–H groups in total. The van der Waals surface area contributed by atoms with Crippen LogP contribution in [0.2, 0.25) is 0 Å². The molecule has 1 amide bonds. The summed E-state index contributed by atoms with van der Waals surface area (Å²) in [6, 6.07) is 7.80. The second kappa shape index (κ2) is 5.33. The predicted octanol–water partition coefficient (Wildman–Crippen LogP) is 2.58. The number of rotatable bonds is 2. The molecule has 0 aromatic heterocycles. The Morgan fingerprint density at radius 1 is 1.37 bits per heavy atom. The van der Waals surface area contributed by atoms with Gasteiger partial charge in [0.15, 0.2) is 0 Å². The molecule has 1 aromatic rings. The van der Waals surface area contributed by atoms with Crippen LogP contribution < -0.4 is 0 Å². The zero-order valence-electron chi connectivity index (χ0n) is 12.0. The number of amides is 1. The molecule has 19 heavy (non-hydrogen) atoms. The third-order valence-corrected chi connectivity index (χ3v) is 3.81. The van der Waals surface area contributed by atoms with Gasteiger partial charge in [-0.3, -0.25) is 4.79 Å². The standard InChI is InChI=1S/C16H23NO2/c1-16(2,3)14-9-5-4-8-13(14)15(19)17-10-6-7-12(17)11-18/h4-5,8-9,12,18H,6-7,10-11H2,1-3H3. The van der Waals surface area contributed by atoms with Crippen molar-refractivity contribution >= 4 is 5.91 Å². The van der Waals surface area contributed by atoms with Gasteiger partial charge in [-0.2, -0.15) is 0 Å². The molecular formula is C16H23NO2. The normalized spacial score (nSPS) is 19.8. The largest absolute Gasteiger partial charge is 0.394 e. The third-order valence-electron chi connectivity index (χ3n) is 3.81. The third kappa shape index (κ3) is 2.81. The van der Waals surface area contributed by atoms with Crippen LogP contribution in [-0.2, 0) is 5.41 Å². The first-order valence-corrected chi connectivity index (χ1v) is 6.96. The van der Waals surface area contributed by atoms with E-state index in [4.69, 9.17) is 0 Å². The maximum absolute atomic E-state index is 12.7. The first-order valence-electron chi connectivity index (χ1n) is 6.96. The van der Waals surface area contributed by atoms with E-state index >= 15 is 0 Å². The Hall–Kier alpha value is -1.35. The summed E-state index contributed by atoms with van der Waals surface area (Å²) < 4.78 is 0. The monoisotopic (exact) mass is 261 g/mol. The Labute approximate surface area is 115 Å². The van der Waals surface area contributed by atoms with Gasteiger partial charge in [-0.1, -0.05) is 39.0 Å². The number of aliphatic hydroxyl groups excluding tert-OH is 1. The van der Waals surface area contributed by atoms with Gasteiger partial charge in [0.25, 0.3) is 5.91 Å². The lowest BCUT2D eigenvalue weighted by Gasteiger charge is -2.27. The van der Waals surface area contributed by atoms with E-state index < -0.39 is 0 Å². The van der Waals surface area contributed by atoms with Crippen molar-refractivity contribution in [3.63, 3.8) is 0 Å². The first kappa shape index (κ1) is 14.1. The molecule has 0 radical (unpaired) electrons. The Morgan fingerprint density at radius 2 is 2.05 bits per heavy atom. The molecule has 1 aliphatic heterocycles. The van der Waals surface area contributed by atoms with Crippen molar-refractivity contribution in [2.45, 2.75) is 45.1 Å². The molecule has 0 bridgehead atoms. The molecule has 1 heterocycles. The summed E-state index contributed by atoms with van der Waals surface area (Å²) in [5, 5.41) is 9.37. The smallest absolute Gasteiger partial charge is 0.254 e. The molecule has 0 saturated carbocycles. The van der Waals surface area contributed by atoms with Gasteiger partial charge in [-0.05, 0) is 29.9 Å². The number of likely N-dealkylation sites (tertiary alicyclic amines) is 1. The zero-order valence-corrected chi connectivity index (χ0v) is 12.0. The molecular weight excluding hydrogens is 238 g/mol. The van der Waals surface area contributed by atoms with E-state index in [-0.39, 0.29) is 24.0 Å². The van der Waals surface area contributed by atoms with E-state index in [0.29, 0.717) is 0 Å². The highest BCUT2D eigenvalue weighted by molar-refractivity contribution is 5.96. The number of carbonyl (C=O) groups is 1. The van der Waals surface area contributed by atoms with Crippen LogP contribution in [0.1, 0.15) is 49.5 Å². The van der Waals surface area contributed by atoms with E-state index in [1.807, 2.05) is 29.2 Å². The van der Waals surface area contributed by atoms with Gasteiger partial charge in [0.2, 0.25) is 0 Å². The van der Waals surface area contributed by atoms with Crippen LogP contribution in [-0.4, -0.2) is 35.1 Å². The highest BCUT2D eigenvalue weighted by Gasteiger charge is 2.31. The summed E-state index contributed by atoms with van der Waals surface area (Å²) >= 11 is 0. The fourth-order valence-corrected chi connectivity index (χ4v) is 2.77. The predicted molar refractivity (Wildman–Crippen MR) is 76.3 cm³/mol. The molecule has 1 aromatic carbocycles. The minimum Gasteiger partial charge on any atom is -0.394 e. The molecule has 0 spiro atoms. The van der Waals surface area contributed by atoms with Gasteiger partial charge in [-0.15, -0.1) is 0 Å². The van der Waals surface area contributed by atoms with Gasteiger partial charge in [0.1, 0.15) is 0 Å². The number of benzene rings is 1. The van der Waals surface area contributed by atoms with Gasteiger partial charge in [0, 0.05) is 12.1 Å². The minimum atomic E-state index is -0.0549. The number of hydrogen-bond acceptors (Lipinski definition) is 2. The van der Waals surface area contributed by atoms with Gasteiger partial charge >= 0.3 is 0 Å². The number of aliphatic hydroxyl groups is 1. The molecule has 1 fully saturated rings. The van der Waals surface area contributed by atoms with Crippen molar-refractivity contribution in [3.05, 3.63) is 35.4 Å². The van der Waals surface area contributed by atoms with Crippen molar-refractivity contribution in [2.75, 3.05) is 13.2 Å². The summed E-state index contributed by atoms with van der Waals surface area (Å²) in [5.41, 5.74) is 1.79. The molecule has 3 nitrogen and oxygen atoms in total. The average molecular weight is 261 g/mol. The molecule has 1 atom stereocenters.